The Kier molecular flexibility index (Phi) is 3.34. The van der Waals surface area contributed by atoms with Gasteiger partial charge in [-0.2, -0.15) is 0 Å². The van der Waals surface area contributed by atoms with Crippen LogP contribution in [0.25, 0.3) is 0 Å². The van der Waals surface area contributed by atoms with Crippen LogP contribution >= 0.6 is 0 Å². The molecule has 1 fully saturated rings. The largest absolute Gasteiger partial charge is 0.383 e. The number of ether oxygens (including phenoxy) is 1. The summed E-state index contributed by atoms with van der Waals surface area (Å²) < 4.78 is 5.01. The summed E-state index contributed by atoms with van der Waals surface area (Å²) in [6.45, 7) is 2.75. The lowest BCUT2D eigenvalue weighted by atomic mass is 9.98. The Bertz CT molecular complexity index is 296. The van der Waals surface area contributed by atoms with Crippen LogP contribution in [0.5, 0.6) is 0 Å². The van der Waals surface area contributed by atoms with Gasteiger partial charge in [-0.25, -0.2) is 0 Å². The first-order valence-electron chi connectivity index (χ1n) is 5.48. The van der Waals surface area contributed by atoms with Crippen LogP contribution in [0.1, 0.15) is 18.4 Å². The van der Waals surface area contributed by atoms with Gasteiger partial charge in [0.15, 0.2) is 0 Å². The highest BCUT2D eigenvalue weighted by Gasteiger charge is 2.43. The fraction of sp³-hybridized carbons (Fsp3) is 0.583. The van der Waals surface area contributed by atoms with Gasteiger partial charge < -0.3 is 10.1 Å². The molecule has 0 bridgehead atoms. The quantitative estimate of drug-likeness (QED) is 0.713. The monoisotopic (exact) mass is 206 g/mol. The first-order chi connectivity index (χ1) is 7.37. The lowest BCUT2D eigenvalue weighted by molar-refractivity contribution is 0.198. The third kappa shape index (κ3) is 2.55. The van der Waals surface area contributed by atoms with E-state index in [0.29, 0.717) is 5.41 Å². The number of pyridine rings is 1. The lowest BCUT2D eigenvalue weighted by Crippen LogP contribution is -2.29. The van der Waals surface area contributed by atoms with Gasteiger partial charge in [-0.05, 0) is 24.5 Å². The Morgan fingerprint density at radius 1 is 1.53 bits per heavy atom. The molecule has 3 heteroatoms. The van der Waals surface area contributed by atoms with Crippen molar-refractivity contribution < 1.29 is 4.74 Å². The van der Waals surface area contributed by atoms with E-state index in [9.17, 15) is 0 Å². The van der Waals surface area contributed by atoms with Crippen LogP contribution in [0.4, 0.5) is 0 Å². The van der Waals surface area contributed by atoms with Crippen molar-refractivity contribution in [3.63, 3.8) is 0 Å². The van der Waals surface area contributed by atoms with Crippen molar-refractivity contribution in [1.82, 2.24) is 10.3 Å². The number of hydrogen-bond donors (Lipinski definition) is 1. The maximum absolute atomic E-state index is 5.01. The van der Waals surface area contributed by atoms with E-state index >= 15 is 0 Å². The molecule has 0 unspecified atom stereocenters. The maximum Gasteiger partial charge on any atom is 0.0587 e. The molecule has 0 aromatic carbocycles. The second-order valence-electron chi connectivity index (χ2n) is 4.19. The van der Waals surface area contributed by atoms with E-state index in [1.165, 1.54) is 18.4 Å². The first-order valence-corrected chi connectivity index (χ1v) is 5.48. The topological polar surface area (TPSA) is 34.1 Å². The van der Waals surface area contributed by atoms with Gasteiger partial charge in [0.2, 0.25) is 0 Å². The summed E-state index contributed by atoms with van der Waals surface area (Å²) in [5.41, 5.74) is 1.73. The van der Waals surface area contributed by atoms with Crippen molar-refractivity contribution in [3.05, 3.63) is 30.1 Å². The van der Waals surface area contributed by atoms with Crippen molar-refractivity contribution in [2.75, 3.05) is 26.8 Å². The molecular formula is C12H18N2O. The highest BCUT2D eigenvalue weighted by molar-refractivity contribution is 5.29. The lowest BCUT2D eigenvalue weighted by Gasteiger charge is -2.15. The van der Waals surface area contributed by atoms with Gasteiger partial charge in [-0.3, -0.25) is 4.98 Å². The fourth-order valence-electron chi connectivity index (χ4n) is 1.90. The molecule has 2 rings (SSSR count). The van der Waals surface area contributed by atoms with Crippen molar-refractivity contribution in [2.24, 2.45) is 0 Å². The molecule has 1 aromatic rings. The van der Waals surface area contributed by atoms with Crippen molar-refractivity contribution in [1.29, 1.82) is 0 Å². The Morgan fingerprint density at radius 2 is 2.40 bits per heavy atom. The van der Waals surface area contributed by atoms with Crippen LogP contribution in [0.3, 0.4) is 0 Å². The summed E-state index contributed by atoms with van der Waals surface area (Å²) in [5, 5.41) is 3.43. The maximum atomic E-state index is 5.01. The molecule has 1 aliphatic rings. The van der Waals surface area contributed by atoms with Crippen LogP contribution < -0.4 is 5.32 Å². The highest BCUT2D eigenvalue weighted by Crippen LogP contribution is 2.47. The molecule has 0 aliphatic heterocycles. The number of methoxy groups -OCH3 is 1. The molecule has 3 nitrogen and oxygen atoms in total. The van der Waals surface area contributed by atoms with E-state index in [1.807, 2.05) is 18.5 Å². The molecule has 1 aromatic heterocycles. The summed E-state index contributed by atoms with van der Waals surface area (Å²) in [5.74, 6) is 0. The normalized spacial score (nSPS) is 17.7. The standard InChI is InChI=1S/C12H18N2O/c1-15-8-7-14-10-12(4-5-12)11-3-2-6-13-9-11/h2-3,6,9,14H,4-5,7-8,10H2,1H3. The Labute approximate surface area is 90.9 Å². The minimum Gasteiger partial charge on any atom is -0.383 e. The zero-order valence-corrected chi connectivity index (χ0v) is 9.20. The highest BCUT2D eigenvalue weighted by atomic mass is 16.5. The van der Waals surface area contributed by atoms with Gasteiger partial charge in [0, 0.05) is 38.0 Å². The molecule has 1 saturated carbocycles. The van der Waals surface area contributed by atoms with Crippen molar-refractivity contribution >= 4 is 0 Å². The summed E-state index contributed by atoms with van der Waals surface area (Å²) in [4.78, 5) is 4.18. The van der Waals surface area contributed by atoms with Gasteiger partial charge in [0.25, 0.3) is 0 Å². The van der Waals surface area contributed by atoms with E-state index in [2.05, 4.69) is 16.4 Å². The molecule has 0 radical (unpaired) electrons. The molecule has 0 spiro atoms. The number of rotatable bonds is 6. The molecule has 15 heavy (non-hydrogen) atoms. The van der Waals surface area contributed by atoms with Gasteiger partial charge >= 0.3 is 0 Å². The van der Waals surface area contributed by atoms with Crippen LogP contribution in [-0.2, 0) is 10.2 Å². The van der Waals surface area contributed by atoms with Crippen molar-refractivity contribution in [3.8, 4) is 0 Å². The third-order valence-corrected chi connectivity index (χ3v) is 3.07. The van der Waals surface area contributed by atoms with E-state index in [0.717, 1.165) is 19.7 Å². The Morgan fingerprint density at radius 3 is 3.00 bits per heavy atom. The summed E-state index contributed by atoms with van der Waals surface area (Å²) in [6, 6.07) is 4.20. The van der Waals surface area contributed by atoms with E-state index in [4.69, 9.17) is 4.74 Å². The number of nitrogens with zero attached hydrogens (tertiary/aromatic N) is 1. The Balaban J connectivity index is 1.86. The summed E-state index contributed by atoms with van der Waals surface area (Å²) in [6.07, 6.45) is 6.38. The second-order valence-corrected chi connectivity index (χ2v) is 4.19. The van der Waals surface area contributed by atoms with Crippen LogP contribution in [0.15, 0.2) is 24.5 Å². The summed E-state index contributed by atoms with van der Waals surface area (Å²) >= 11 is 0. The molecule has 0 atom stereocenters. The van der Waals surface area contributed by atoms with Crippen LogP contribution in [-0.4, -0.2) is 31.8 Å². The van der Waals surface area contributed by atoms with Crippen molar-refractivity contribution in [2.45, 2.75) is 18.3 Å². The summed E-state index contributed by atoms with van der Waals surface area (Å²) in [7, 11) is 1.73. The second kappa shape index (κ2) is 4.73. The predicted octanol–water partition coefficient (Wildman–Crippen LogP) is 1.35. The molecular weight excluding hydrogens is 188 g/mol. The van der Waals surface area contributed by atoms with Gasteiger partial charge in [-0.15, -0.1) is 0 Å². The first kappa shape index (κ1) is 10.6. The van der Waals surface area contributed by atoms with E-state index in [-0.39, 0.29) is 0 Å². The third-order valence-electron chi connectivity index (χ3n) is 3.07. The number of hydrogen-bond acceptors (Lipinski definition) is 3. The molecule has 1 aliphatic carbocycles. The minimum atomic E-state index is 0.363. The zero-order chi connectivity index (χ0) is 10.6. The molecule has 0 saturated heterocycles. The predicted molar refractivity (Wildman–Crippen MR) is 59.9 cm³/mol. The fourth-order valence-corrected chi connectivity index (χ4v) is 1.90. The Hall–Kier alpha value is -0.930. The molecule has 82 valence electrons. The van der Waals surface area contributed by atoms with E-state index < -0.39 is 0 Å². The van der Waals surface area contributed by atoms with Crippen LogP contribution in [0.2, 0.25) is 0 Å². The van der Waals surface area contributed by atoms with E-state index in [1.54, 1.807) is 7.11 Å². The van der Waals surface area contributed by atoms with Gasteiger partial charge in [-0.1, -0.05) is 6.07 Å². The molecule has 0 amide bonds. The van der Waals surface area contributed by atoms with Crippen LogP contribution in [0, 0.1) is 0 Å². The smallest absolute Gasteiger partial charge is 0.0587 e. The SMILES string of the molecule is COCCNCC1(c2cccnc2)CC1. The molecule has 1 heterocycles. The molecule has 1 N–H and O–H groups in total. The van der Waals surface area contributed by atoms with Gasteiger partial charge in [0.05, 0.1) is 6.61 Å². The average molecular weight is 206 g/mol. The van der Waals surface area contributed by atoms with Gasteiger partial charge in [0.1, 0.15) is 0 Å². The average Bonchev–Trinajstić information content (AvgIpc) is 3.07. The zero-order valence-electron chi connectivity index (χ0n) is 9.20. The number of aromatic nitrogens is 1. The number of nitrogens with one attached hydrogen (secondary N) is 1. The minimum absolute atomic E-state index is 0.363.